The monoisotopic (exact) mass is 270 g/mol. The van der Waals surface area contributed by atoms with Gasteiger partial charge in [0, 0.05) is 11.4 Å². The second kappa shape index (κ2) is 5.74. The Kier molecular flexibility index (Phi) is 4.03. The number of rotatable bonds is 4. The van der Waals surface area contributed by atoms with Crippen LogP contribution in [-0.4, -0.2) is 16.1 Å². The van der Waals surface area contributed by atoms with Crippen molar-refractivity contribution < 1.29 is 9.90 Å². The van der Waals surface area contributed by atoms with E-state index in [0.717, 1.165) is 16.9 Å². The number of aromatic carboxylic acids is 1. The van der Waals surface area contributed by atoms with Crippen LogP contribution in [0.3, 0.4) is 0 Å². The molecule has 0 saturated carbocycles. The van der Waals surface area contributed by atoms with E-state index in [0.29, 0.717) is 12.2 Å². The lowest BCUT2D eigenvalue weighted by Crippen LogP contribution is -2.04. The fourth-order valence-corrected chi connectivity index (χ4v) is 1.98. The first-order valence-electron chi connectivity index (χ1n) is 6.58. The number of nitrogens with one attached hydrogen (secondary N) is 1. The van der Waals surface area contributed by atoms with Crippen LogP contribution in [0.4, 0.5) is 11.5 Å². The first-order valence-corrected chi connectivity index (χ1v) is 6.58. The van der Waals surface area contributed by atoms with Crippen molar-refractivity contribution in [3.63, 3.8) is 0 Å². The van der Waals surface area contributed by atoms with Gasteiger partial charge in [-0.3, -0.25) is 0 Å². The number of pyridine rings is 1. The molecule has 0 aliphatic rings. The Morgan fingerprint density at radius 1 is 1.30 bits per heavy atom. The summed E-state index contributed by atoms with van der Waals surface area (Å²) < 4.78 is 0. The molecule has 0 saturated heterocycles. The van der Waals surface area contributed by atoms with E-state index in [-0.39, 0.29) is 5.56 Å². The highest BCUT2D eigenvalue weighted by Gasteiger charge is 2.09. The smallest absolute Gasteiger partial charge is 0.335 e. The quantitative estimate of drug-likeness (QED) is 0.889. The van der Waals surface area contributed by atoms with Crippen molar-refractivity contribution >= 4 is 17.5 Å². The summed E-state index contributed by atoms with van der Waals surface area (Å²) in [6.45, 7) is 6.02. The number of hydrogen-bond donors (Lipinski definition) is 2. The standard InChI is InChI=1S/C16H18N2O2/c1-4-13-8-12(16(19)20)9-15(17-13)18-14-7-5-6-10(2)11(14)3/h5-9H,4H2,1-3H3,(H,17,18)(H,19,20). The van der Waals surface area contributed by atoms with Crippen LogP contribution in [0.25, 0.3) is 0 Å². The third-order valence-corrected chi connectivity index (χ3v) is 3.35. The maximum absolute atomic E-state index is 11.1. The van der Waals surface area contributed by atoms with E-state index < -0.39 is 5.97 Å². The van der Waals surface area contributed by atoms with Crippen molar-refractivity contribution in [2.24, 2.45) is 0 Å². The number of anilines is 2. The zero-order valence-corrected chi connectivity index (χ0v) is 11.9. The van der Waals surface area contributed by atoms with Crippen LogP contribution in [0, 0.1) is 13.8 Å². The summed E-state index contributed by atoms with van der Waals surface area (Å²) in [6.07, 6.45) is 0.697. The van der Waals surface area contributed by atoms with E-state index in [9.17, 15) is 4.79 Å². The highest BCUT2D eigenvalue weighted by molar-refractivity contribution is 5.88. The lowest BCUT2D eigenvalue weighted by molar-refractivity contribution is 0.0696. The molecule has 0 atom stereocenters. The van der Waals surface area contributed by atoms with Gasteiger partial charge in [0.2, 0.25) is 0 Å². The normalized spacial score (nSPS) is 10.3. The molecule has 0 fully saturated rings. The second-order valence-electron chi connectivity index (χ2n) is 4.76. The molecule has 1 heterocycles. The van der Waals surface area contributed by atoms with E-state index in [2.05, 4.69) is 10.3 Å². The van der Waals surface area contributed by atoms with Crippen molar-refractivity contribution in [1.29, 1.82) is 0 Å². The maximum atomic E-state index is 11.1. The van der Waals surface area contributed by atoms with Gasteiger partial charge in [0.05, 0.1) is 5.56 Å². The fraction of sp³-hybridized carbons (Fsp3) is 0.250. The summed E-state index contributed by atoms with van der Waals surface area (Å²) in [5, 5.41) is 12.3. The van der Waals surface area contributed by atoms with Gasteiger partial charge >= 0.3 is 5.97 Å². The lowest BCUT2D eigenvalue weighted by Gasteiger charge is -2.12. The van der Waals surface area contributed by atoms with E-state index in [1.165, 1.54) is 5.56 Å². The predicted molar refractivity (Wildman–Crippen MR) is 79.8 cm³/mol. The van der Waals surface area contributed by atoms with Gasteiger partial charge in [-0.05, 0) is 49.6 Å². The number of nitrogens with zero attached hydrogens (tertiary/aromatic N) is 1. The Morgan fingerprint density at radius 3 is 2.70 bits per heavy atom. The summed E-state index contributed by atoms with van der Waals surface area (Å²) in [5.74, 6) is -0.374. The number of carboxylic acids is 1. The van der Waals surface area contributed by atoms with Gasteiger partial charge in [0.25, 0.3) is 0 Å². The van der Waals surface area contributed by atoms with Gasteiger partial charge in [0.1, 0.15) is 5.82 Å². The van der Waals surface area contributed by atoms with Crippen LogP contribution in [0.1, 0.15) is 34.1 Å². The van der Waals surface area contributed by atoms with E-state index >= 15 is 0 Å². The number of carboxylic acid groups (broad SMARTS) is 1. The van der Waals surface area contributed by atoms with Gasteiger partial charge in [0.15, 0.2) is 0 Å². The highest BCUT2D eigenvalue weighted by Crippen LogP contribution is 2.22. The first kappa shape index (κ1) is 14.1. The van der Waals surface area contributed by atoms with Gasteiger partial charge in [-0.25, -0.2) is 9.78 Å². The lowest BCUT2D eigenvalue weighted by atomic mass is 10.1. The molecule has 20 heavy (non-hydrogen) atoms. The topological polar surface area (TPSA) is 62.2 Å². The minimum Gasteiger partial charge on any atom is -0.478 e. The molecule has 2 rings (SSSR count). The van der Waals surface area contributed by atoms with E-state index in [4.69, 9.17) is 5.11 Å². The molecule has 2 aromatic rings. The number of carbonyl (C=O) groups is 1. The van der Waals surface area contributed by atoms with Gasteiger partial charge in [-0.2, -0.15) is 0 Å². The molecule has 0 spiro atoms. The molecular formula is C16H18N2O2. The maximum Gasteiger partial charge on any atom is 0.335 e. The van der Waals surface area contributed by atoms with Crippen LogP contribution in [-0.2, 0) is 6.42 Å². The summed E-state index contributed by atoms with van der Waals surface area (Å²) in [4.78, 5) is 15.6. The van der Waals surface area contributed by atoms with Crippen molar-refractivity contribution in [3.8, 4) is 0 Å². The third-order valence-electron chi connectivity index (χ3n) is 3.35. The molecule has 4 heteroatoms. The summed E-state index contributed by atoms with van der Waals surface area (Å²) in [6, 6.07) is 9.13. The zero-order chi connectivity index (χ0) is 14.7. The molecule has 2 N–H and O–H groups in total. The summed E-state index contributed by atoms with van der Waals surface area (Å²) in [5.41, 5.74) is 4.28. The molecule has 1 aromatic heterocycles. The summed E-state index contributed by atoms with van der Waals surface area (Å²) >= 11 is 0. The molecule has 1 aromatic carbocycles. The Morgan fingerprint density at radius 2 is 2.05 bits per heavy atom. The van der Waals surface area contributed by atoms with Crippen molar-refractivity contribution in [2.75, 3.05) is 5.32 Å². The molecule has 4 nitrogen and oxygen atoms in total. The minimum atomic E-state index is -0.939. The predicted octanol–water partition coefficient (Wildman–Crippen LogP) is 3.70. The van der Waals surface area contributed by atoms with Gasteiger partial charge < -0.3 is 10.4 Å². The van der Waals surface area contributed by atoms with Crippen LogP contribution >= 0.6 is 0 Å². The number of aromatic nitrogens is 1. The largest absolute Gasteiger partial charge is 0.478 e. The molecule has 0 bridgehead atoms. The Hall–Kier alpha value is -2.36. The first-order chi connectivity index (χ1) is 9.51. The zero-order valence-electron chi connectivity index (χ0n) is 11.9. The van der Waals surface area contributed by atoms with Crippen LogP contribution in [0.2, 0.25) is 0 Å². The molecule has 104 valence electrons. The fourth-order valence-electron chi connectivity index (χ4n) is 1.98. The molecule has 0 aliphatic heterocycles. The van der Waals surface area contributed by atoms with Gasteiger partial charge in [-0.1, -0.05) is 19.1 Å². The average molecular weight is 270 g/mol. The van der Waals surface area contributed by atoms with Crippen molar-refractivity contribution in [3.05, 3.63) is 52.7 Å². The van der Waals surface area contributed by atoms with E-state index in [1.807, 2.05) is 39.0 Å². The second-order valence-corrected chi connectivity index (χ2v) is 4.76. The molecule has 0 radical (unpaired) electrons. The highest BCUT2D eigenvalue weighted by atomic mass is 16.4. The number of aryl methyl sites for hydroxylation is 2. The Balaban J connectivity index is 2.40. The number of hydrogen-bond acceptors (Lipinski definition) is 3. The average Bonchev–Trinajstić information content (AvgIpc) is 2.43. The van der Waals surface area contributed by atoms with Crippen molar-refractivity contribution in [2.45, 2.75) is 27.2 Å². The SMILES string of the molecule is CCc1cc(C(=O)O)cc(Nc2cccc(C)c2C)n1. The van der Waals surface area contributed by atoms with Crippen molar-refractivity contribution in [1.82, 2.24) is 4.98 Å². The molecule has 0 amide bonds. The number of benzene rings is 1. The summed E-state index contributed by atoms with van der Waals surface area (Å²) in [7, 11) is 0. The van der Waals surface area contributed by atoms with E-state index in [1.54, 1.807) is 12.1 Å². The molecular weight excluding hydrogens is 252 g/mol. The Bertz CT molecular complexity index is 651. The minimum absolute atomic E-state index is 0.254. The van der Waals surface area contributed by atoms with Gasteiger partial charge in [-0.15, -0.1) is 0 Å². The Labute approximate surface area is 118 Å². The molecule has 0 aliphatic carbocycles. The third kappa shape index (κ3) is 2.96. The van der Waals surface area contributed by atoms with Crippen LogP contribution < -0.4 is 5.32 Å². The van der Waals surface area contributed by atoms with Crippen LogP contribution in [0.5, 0.6) is 0 Å². The molecule has 0 unspecified atom stereocenters. The van der Waals surface area contributed by atoms with Crippen LogP contribution in [0.15, 0.2) is 30.3 Å².